The Labute approximate surface area is 214 Å². The molecule has 0 bridgehead atoms. The van der Waals surface area contributed by atoms with Crippen LogP contribution in [0, 0.1) is 10.5 Å². The molecule has 0 saturated heterocycles. The van der Waals surface area contributed by atoms with Gasteiger partial charge in [0.1, 0.15) is 0 Å². The van der Waals surface area contributed by atoms with Crippen LogP contribution >= 0.6 is 54.5 Å². The normalized spacial score (nSPS) is 14.3. The van der Waals surface area contributed by atoms with Crippen molar-refractivity contribution in [3.63, 3.8) is 0 Å². The van der Waals surface area contributed by atoms with Crippen molar-refractivity contribution in [3.8, 4) is 5.75 Å². The van der Waals surface area contributed by atoms with Crippen LogP contribution in [0.1, 0.15) is 27.0 Å². The maximum absolute atomic E-state index is 12.5. The fourth-order valence-electron chi connectivity index (χ4n) is 2.97. The van der Waals surface area contributed by atoms with Gasteiger partial charge in [0.2, 0.25) is 5.90 Å². The number of nitrogens with zero attached hydrogens (tertiary/aromatic N) is 1. The Bertz CT molecular complexity index is 1280. The molecular formula is C24H14Br2INO4. The van der Waals surface area contributed by atoms with Crippen LogP contribution in [-0.4, -0.2) is 17.8 Å². The van der Waals surface area contributed by atoms with Crippen LogP contribution in [0.3, 0.4) is 0 Å². The zero-order valence-electron chi connectivity index (χ0n) is 16.6. The van der Waals surface area contributed by atoms with Gasteiger partial charge in [0.15, 0.2) is 11.4 Å². The van der Waals surface area contributed by atoms with E-state index in [0.29, 0.717) is 25.8 Å². The lowest BCUT2D eigenvalue weighted by atomic mass is 10.1. The molecule has 4 rings (SSSR count). The van der Waals surface area contributed by atoms with Crippen molar-refractivity contribution < 1.29 is 19.1 Å². The van der Waals surface area contributed by atoms with E-state index in [0.717, 1.165) is 14.7 Å². The SMILES string of the molecule is Cc1cccc(C(=O)Oc2c(Br)cc(/C=C3\N=C(c4ccc(I)cc4)OC3=O)cc2Br)c1. The Balaban J connectivity index is 1.59. The van der Waals surface area contributed by atoms with Crippen molar-refractivity contribution in [1.29, 1.82) is 0 Å². The van der Waals surface area contributed by atoms with Crippen molar-refractivity contribution >= 4 is 78.4 Å². The molecule has 160 valence electrons. The Hall–Kier alpha value is -2.30. The fraction of sp³-hybridized carbons (Fsp3) is 0.0417. The highest BCUT2D eigenvalue weighted by Crippen LogP contribution is 2.36. The van der Waals surface area contributed by atoms with Gasteiger partial charge in [-0.25, -0.2) is 14.6 Å². The van der Waals surface area contributed by atoms with Gasteiger partial charge in [-0.05, 0) is 122 Å². The van der Waals surface area contributed by atoms with E-state index in [1.54, 1.807) is 36.4 Å². The average Bonchev–Trinajstić information content (AvgIpc) is 3.11. The lowest BCUT2D eigenvalue weighted by Gasteiger charge is -2.10. The molecule has 0 aliphatic carbocycles. The standard InChI is InChI=1S/C24H14Br2INO4/c1-13-3-2-4-16(9-13)23(29)31-21-18(25)10-14(11-19(21)26)12-20-24(30)32-22(28-20)15-5-7-17(27)8-6-15/h2-12H,1H3/b20-12-. The monoisotopic (exact) mass is 665 g/mol. The quantitative estimate of drug-likeness (QED) is 0.135. The molecule has 0 amide bonds. The molecule has 3 aromatic carbocycles. The number of aliphatic imine (C=N–C) groups is 1. The molecule has 1 heterocycles. The van der Waals surface area contributed by atoms with Gasteiger partial charge in [-0.15, -0.1) is 0 Å². The number of hydrogen-bond acceptors (Lipinski definition) is 5. The van der Waals surface area contributed by atoms with E-state index in [4.69, 9.17) is 9.47 Å². The first-order valence-corrected chi connectivity index (χ1v) is 12.0. The van der Waals surface area contributed by atoms with Gasteiger partial charge in [-0.1, -0.05) is 17.7 Å². The minimum atomic E-state index is -0.527. The molecule has 5 nitrogen and oxygen atoms in total. The Morgan fingerprint density at radius 3 is 2.41 bits per heavy atom. The molecule has 0 N–H and O–H groups in total. The Morgan fingerprint density at radius 1 is 1.06 bits per heavy atom. The van der Waals surface area contributed by atoms with E-state index in [9.17, 15) is 9.59 Å². The lowest BCUT2D eigenvalue weighted by molar-refractivity contribution is -0.129. The summed E-state index contributed by atoms with van der Waals surface area (Å²) in [5.41, 5.74) is 3.01. The van der Waals surface area contributed by atoms with Gasteiger partial charge in [0.25, 0.3) is 0 Å². The van der Waals surface area contributed by atoms with Gasteiger partial charge in [0.05, 0.1) is 14.5 Å². The molecule has 1 aliphatic rings. The molecule has 0 radical (unpaired) electrons. The number of hydrogen-bond donors (Lipinski definition) is 0. The van der Waals surface area contributed by atoms with Gasteiger partial charge in [-0.2, -0.15) is 0 Å². The first kappa shape index (κ1) is 22.9. The summed E-state index contributed by atoms with van der Waals surface area (Å²) in [6, 6.07) is 18.2. The molecule has 0 unspecified atom stereocenters. The van der Waals surface area contributed by atoms with Crippen LogP contribution in [0.25, 0.3) is 6.08 Å². The second kappa shape index (κ2) is 9.68. The highest BCUT2D eigenvalue weighted by atomic mass is 127. The number of esters is 2. The number of cyclic esters (lactones) is 1. The van der Waals surface area contributed by atoms with Gasteiger partial charge >= 0.3 is 11.9 Å². The van der Waals surface area contributed by atoms with E-state index >= 15 is 0 Å². The summed E-state index contributed by atoms with van der Waals surface area (Å²) in [5, 5.41) is 0. The number of carbonyl (C=O) groups excluding carboxylic acids is 2. The average molecular weight is 667 g/mol. The van der Waals surface area contributed by atoms with Crippen LogP contribution in [0.2, 0.25) is 0 Å². The summed E-state index contributed by atoms with van der Waals surface area (Å²) in [5.74, 6) is -0.386. The molecule has 0 atom stereocenters. The van der Waals surface area contributed by atoms with Gasteiger partial charge in [-0.3, -0.25) is 0 Å². The van der Waals surface area contributed by atoms with E-state index in [1.165, 1.54) is 0 Å². The third kappa shape index (κ3) is 5.19. The second-order valence-electron chi connectivity index (χ2n) is 6.92. The van der Waals surface area contributed by atoms with Crippen LogP contribution < -0.4 is 4.74 Å². The minimum Gasteiger partial charge on any atom is -0.421 e. The van der Waals surface area contributed by atoms with E-state index in [-0.39, 0.29) is 11.6 Å². The van der Waals surface area contributed by atoms with Crippen LogP contribution in [-0.2, 0) is 9.53 Å². The number of benzene rings is 3. The molecule has 0 spiro atoms. The Morgan fingerprint density at radius 2 is 1.75 bits per heavy atom. The predicted octanol–water partition coefficient (Wildman–Crippen LogP) is 6.69. The number of ether oxygens (including phenoxy) is 2. The van der Waals surface area contributed by atoms with E-state index in [1.807, 2.05) is 37.3 Å². The third-order valence-electron chi connectivity index (χ3n) is 4.48. The second-order valence-corrected chi connectivity index (χ2v) is 9.87. The van der Waals surface area contributed by atoms with Crippen LogP contribution in [0.4, 0.5) is 0 Å². The number of rotatable bonds is 4. The summed E-state index contributed by atoms with van der Waals surface area (Å²) in [7, 11) is 0. The highest BCUT2D eigenvalue weighted by molar-refractivity contribution is 14.1. The molecule has 3 aromatic rings. The van der Waals surface area contributed by atoms with Crippen molar-refractivity contribution in [3.05, 3.63) is 101 Å². The van der Waals surface area contributed by atoms with Crippen molar-refractivity contribution in [2.24, 2.45) is 4.99 Å². The zero-order valence-corrected chi connectivity index (χ0v) is 21.9. The van der Waals surface area contributed by atoms with Gasteiger partial charge < -0.3 is 9.47 Å². The topological polar surface area (TPSA) is 65.0 Å². The van der Waals surface area contributed by atoms with Crippen molar-refractivity contribution in [2.45, 2.75) is 6.92 Å². The minimum absolute atomic E-state index is 0.182. The molecule has 0 aromatic heterocycles. The maximum atomic E-state index is 12.5. The third-order valence-corrected chi connectivity index (χ3v) is 6.38. The molecule has 8 heteroatoms. The summed E-state index contributed by atoms with van der Waals surface area (Å²) in [4.78, 5) is 29.1. The van der Waals surface area contributed by atoms with Crippen LogP contribution in [0.5, 0.6) is 5.75 Å². The largest absolute Gasteiger partial charge is 0.421 e. The number of aryl methyl sites for hydroxylation is 1. The first-order chi connectivity index (χ1) is 15.3. The molecule has 32 heavy (non-hydrogen) atoms. The molecular weight excluding hydrogens is 653 g/mol. The van der Waals surface area contributed by atoms with Crippen LogP contribution in [0.15, 0.2) is 80.3 Å². The highest BCUT2D eigenvalue weighted by Gasteiger charge is 2.24. The summed E-state index contributed by atoms with van der Waals surface area (Å²) >= 11 is 9.09. The molecule has 1 aliphatic heterocycles. The zero-order chi connectivity index (χ0) is 22.8. The number of carbonyl (C=O) groups is 2. The fourth-order valence-corrected chi connectivity index (χ4v) is 4.71. The lowest BCUT2D eigenvalue weighted by Crippen LogP contribution is -2.09. The number of halogens is 3. The molecule has 0 fully saturated rings. The summed E-state index contributed by atoms with van der Waals surface area (Å²) < 4.78 is 13.1. The van der Waals surface area contributed by atoms with E-state index < -0.39 is 11.9 Å². The van der Waals surface area contributed by atoms with Gasteiger partial charge in [0, 0.05) is 9.13 Å². The summed E-state index contributed by atoms with van der Waals surface area (Å²) in [6.45, 7) is 1.91. The van der Waals surface area contributed by atoms with E-state index in [2.05, 4.69) is 59.4 Å². The molecule has 0 saturated carbocycles. The summed E-state index contributed by atoms with van der Waals surface area (Å²) in [6.07, 6.45) is 1.61. The van der Waals surface area contributed by atoms with Crippen molar-refractivity contribution in [1.82, 2.24) is 0 Å². The smallest absolute Gasteiger partial charge is 0.363 e. The maximum Gasteiger partial charge on any atom is 0.363 e. The van der Waals surface area contributed by atoms with Crippen molar-refractivity contribution in [2.75, 3.05) is 0 Å². The first-order valence-electron chi connectivity index (χ1n) is 9.36. The predicted molar refractivity (Wildman–Crippen MR) is 138 cm³/mol. The Kier molecular flexibility index (Phi) is 6.92.